The Morgan fingerprint density at radius 3 is 2.15 bits per heavy atom. The van der Waals surface area contributed by atoms with Gasteiger partial charge in [-0.25, -0.2) is 4.98 Å². The zero-order chi connectivity index (χ0) is 24.0. The maximum Gasteiger partial charge on any atom is 0.277 e. The second-order valence-electron chi connectivity index (χ2n) is 7.14. The van der Waals surface area contributed by atoms with Crippen molar-refractivity contribution in [3.8, 4) is 0 Å². The zero-order valence-electron chi connectivity index (χ0n) is 17.9. The number of hydrogen-bond donors (Lipinski definition) is 3. The molecule has 12 heteroatoms. The summed E-state index contributed by atoms with van der Waals surface area (Å²) in [5, 5.41) is 30.7. The number of carbonyl (C=O) groups is 1. The Kier molecular flexibility index (Phi) is 7.08. The molecule has 170 valence electrons. The van der Waals surface area contributed by atoms with Crippen molar-refractivity contribution < 1.29 is 14.6 Å². The molecule has 0 saturated carbocycles. The monoisotopic (exact) mass is 451 g/mol. The van der Waals surface area contributed by atoms with Gasteiger partial charge < -0.3 is 16.0 Å². The highest BCUT2D eigenvalue weighted by molar-refractivity contribution is 5.95. The lowest BCUT2D eigenvalue weighted by Crippen LogP contribution is -2.29. The van der Waals surface area contributed by atoms with Crippen LogP contribution in [0, 0.1) is 34.1 Å². The van der Waals surface area contributed by atoms with E-state index in [4.69, 9.17) is 0 Å². The molecule has 0 radical (unpaired) electrons. The predicted molar refractivity (Wildman–Crippen MR) is 122 cm³/mol. The number of aryl methyl sites for hydroxylation is 2. The Balaban J connectivity index is 1.59. The summed E-state index contributed by atoms with van der Waals surface area (Å²) in [6.07, 6.45) is 0. The molecule has 0 unspecified atom stereocenters. The minimum Gasteiger partial charge on any atom is -0.352 e. The summed E-state index contributed by atoms with van der Waals surface area (Å²) in [5.74, 6) is 0.280. The van der Waals surface area contributed by atoms with Crippen LogP contribution in [0.4, 0.5) is 28.8 Å². The lowest BCUT2D eigenvalue weighted by Gasteiger charge is -2.11. The van der Waals surface area contributed by atoms with Crippen molar-refractivity contribution in [2.45, 2.75) is 13.8 Å². The second kappa shape index (κ2) is 10.1. The Hall–Kier alpha value is -4.61. The van der Waals surface area contributed by atoms with Crippen LogP contribution in [-0.2, 0) is 0 Å². The van der Waals surface area contributed by atoms with Crippen LogP contribution in [0.25, 0.3) is 0 Å². The van der Waals surface area contributed by atoms with Crippen molar-refractivity contribution >= 4 is 34.7 Å². The highest BCUT2D eigenvalue weighted by Crippen LogP contribution is 2.22. The van der Waals surface area contributed by atoms with Crippen LogP contribution in [0.15, 0.2) is 48.5 Å². The number of benzene rings is 2. The molecule has 1 aromatic heterocycles. The van der Waals surface area contributed by atoms with E-state index in [0.717, 1.165) is 35.1 Å². The summed E-state index contributed by atoms with van der Waals surface area (Å²) < 4.78 is 0. The van der Waals surface area contributed by atoms with Gasteiger partial charge in [-0.2, -0.15) is 4.98 Å². The average molecular weight is 451 g/mol. The molecular formula is C21H21N7O5. The van der Waals surface area contributed by atoms with E-state index in [0.29, 0.717) is 11.8 Å². The summed E-state index contributed by atoms with van der Waals surface area (Å²) in [7, 11) is 0. The molecule has 1 amide bonds. The number of nitro benzene ring substituents is 2. The van der Waals surface area contributed by atoms with Crippen molar-refractivity contribution in [3.05, 3.63) is 85.6 Å². The van der Waals surface area contributed by atoms with Crippen molar-refractivity contribution in [3.63, 3.8) is 0 Å². The third-order valence-corrected chi connectivity index (χ3v) is 4.46. The van der Waals surface area contributed by atoms with E-state index < -0.39 is 27.1 Å². The second-order valence-corrected chi connectivity index (χ2v) is 7.14. The minimum absolute atomic E-state index is 0.132. The highest BCUT2D eigenvalue weighted by Gasteiger charge is 2.19. The van der Waals surface area contributed by atoms with Gasteiger partial charge in [0.25, 0.3) is 17.3 Å². The van der Waals surface area contributed by atoms with Gasteiger partial charge in [0, 0.05) is 42.7 Å². The highest BCUT2D eigenvalue weighted by atomic mass is 16.6. The Bertz CT molecular complexity index is 1170. The van der Waals surface area contributed by atoms with E-state index in [2.05, 4.69) is 25.9 Å². The summed E-state index contributed by atoms with van der Waals surface area (Å²) in [6, 6.07) is 12.4. The molecular weight excluding hydrogens is 430 g/mol. The number of aromatic nitrogens is 2. The fraction of sp³-hybridized carbons (Fsp3) is 0.190. The maximum absolute atomic E-state index is 12.3. The Morgan fingerprint density at radius 2 is 1.55 bits per heavy atom. The van der Waals surface area contributed by atoms with Crippen LogP contribution < -0.4 is 16.0 Å². The molecule has 0 spiro atoms. The molecule has 2 aromatic carbocycles. The molecule has 0 aliphatic heterocycles. The van der Waals surface area contributed by atoms with Gasteiger partial charge in [0.2, 0.25) is 5.95 Å². The molecule has 3 rings (SSSR count). The number of non-ortho nitro benzene ring substituents is 2. The summed E-state index contributed by atoms with van der Waals surface area (Å²) in [4.78, 5) is 41.4. The van der Waals surface area contributed by atoms with Crippen molar-refractivity contribution in [1.29, 1.82) is 0 Å². The molecule has 12 nitrogen and oxygen atoms in total. The number of nitro groups is 2. The van der Waals surface area contributed by atoms with Gasteiger partial charge >= 0.3 is 0 Å². The molecule has 0 bridgehead atoms. The number of nitrogens with one attached hydrogen (secondary N) is 3. The van der Waals surface area contributed by atoms with E-state index in [1.165, 1.54) is 0 Å². The number of nitrogens with zero attached hydrogens (tertiary/aromatic N) is 4. The Morgan fingerprint density at radius 1 is 0.909 bits per heavy atom. The minimum atomic E-state index is -0.789. The summed E-state index contributed by atoms with van der Waals surface area (Å²) in [6.45, 7) is 4.22. The normalized spacial score (nSPS) is 10.4. The lowest BCUT2D eigenvalue weighted by molar-refractivity contribution is -0.394. The number of carbonyl (C=O) groups excluding carboxylic acids is 1. The van der Waals surface area contributed by atoms with Gasteiger partial charge in [-0.1, -0.05) is 17.7 Å². The van der Waals surface area contributed by atoms with Gasteiger partial charge in [0.05, 0.1) is 21.5 Å². The fourth-order valence-electron chi connectivity index (χ4n) is 2.89. The Labute approximate surface area is 188 Å². The number of anilines is 3. The molecule has 3 N–H and O–H groups in total. The van der Waals surface area contributed by atoms with Gasteiger partial charge in [0.1, 0.15) is 5.82 Å². The van der Waals surface area contributed by atoms with E-state index in [1.54, 1.807) is 6.07 Å². The molecule has 33 heavy (non-hydrogen) atoms. The first-order chi connectivity index (χ1) is 15.7. The van der Waals surface area contributed by atoms with Crippen molar-refractivity contribution in [2.75, 3.05) is 23.7 Å². The molecule has 0 atom stereocenters. The molecule has 0 fully saturated rings. The zero-order valence-corrected chi connectivity index (χ0v) is 17.9. The standard InChI is InChI=1S/C21H21N7O5/c1-13-3-5-16(6-4-13)25-19-9-14(2)24-21(26-19)23-8-7-22-20(29)15-10-17(27(30)31)12-18(11-15)28(32)33/h3-6,9-12H,7-8H2,1-2H3,(H,22,29)(H2,23,24,25,26). The SMILES string of the molecule is Cc1ccc(Nc2cc(C)nc(NCCNC(=O)c3cc([N+](=O)[O-])cc([N+](=O)[O-])c3)n2)cc1. The average Bonchev–Trinajstić information content (AvgIpc) is 2.77. The van der Waals surface area contributed by atoms with Crippen molar-refractivity contribution in [1.82, 2.24) is 15.3 Å². The molecule has 3 aromatic rings. The number of amides is 1. The predicted octanol–water partition coefficient (Wildman–Crippen LogP) is 3.50. The van der Waals surface area contributed by atoms with Crippen LogP contribution in [0.1, 0.15) is 21.6 Å². The van der Waals surface area contributed by atoms with Gasteiger partial charge in [-0.3, -0.25) is 25.0 Å². The van der Waals surface area contributed by atoms with Crippen LogP contribution in [0.3, 0.4) is 0 Å². The third kappa shape index (κ3) is 6.43. The van der Waals surface area contributed by atoms with Crippen molar-refractivity contribution in [2.24, 2.45) is 0 Å². The lowest BCUT2D eigenvalue weighted by atomic mass is 10.1. The first-order valence-corrected chi connectivity index (χ1v) is 9.86. The van der Waals surface area contributed by atoms with Gasteiger partial charge in [0.15, 0.2) is 0 Å². The molecule has 0 aliphatic carbocycles. The quantitative estimate of drug-likeness (QED) is 0.251. The smallest absolute Gasteiger partial charge is 0.277 e. The first-order valence-electron chi connectivity index (χ1n) is 9.86. The molecule has 0 aliphatic rings. The largest absolute Gasteiger partial charge is 0.352 e. The third-order valence-electron chi connectivity index (χ3n) is 4.46. The van der Waals surface area contributed by atoms with Crippen LogP contribution in [0.5, 0.6) is 0 Å². The van der Waals surface area contributed by atoms with Crippen LogP contribution in [-0.4, -0.2) is 38.8 Å². The van der Waals surface area contributed by atoms with Crippen LogP contribution in [0.2, 0.25) is 0 Å². The van der Waals surface area contributed by atoms with E-state index in [-0.39, 0.29) is 18.7 Å². The summed E-state index contributed by atoms with van der Waals surface area (Å²) in [5.41, 5.74) is 1.51. The van der Waals surface area contributed by atoms with E-state index in [9.17, 15) is 25.0 Å². The summed E-state index contributed by atoms with van der Waals surface area (Å²) >= 11 is 0. The number of hydrogen-bond acceptors (Lipinski definition) is 9. The van der Waals surface area contributed by atoms with E-state index in [1.807, 2.05) is 38.1 Å². The molecule has 1 heterocycles. The van der Waals surface area contributed by atoms with Crippen LogP contribution >= 0.6 is 0 Å². The topological polar surface area (TPSA) is 165 Å². The van der Waals surface area contributed by atoms with Gasteiger partial charge in [-0.15, -0.1) is 0 Å². The molecule has 0 saturated heterocycles. The first kappa shape index (κ1) is 23.1. The fourth-order valence-corrected chi connectivity index (χ4v) is 2.89. The number of rotatable bonds is 9. The van der Waals surface area contributed by atoms with E-state index >= 15 is 0 Å². The maximum atomic E-state index is 12.3. The van der Waals surface area contributed by atoms with Gasteiger partial charge in [-0.05, 0) is 26.0 Å².